The molecule has 84 valence electrons. The third kappa shape index (κ3) is 8.96. The van der Waals surface area contributed by atoms with Gasteiger partial charge in [-0.05, 0) is 11.6 Å². The van der Waals surface area contributed by atoms with Crippen molar-refractivity contribution in [3.05, 3.63) is 0 Å². The SMILES string of the molecule is O=C(Cl)C(CC(Cl)(Cl)Cl)CC(Cl)(Cl)Cl. The van der Waals surface area contributed by atoms with Crippen LogP contribution in [0.1, 0.15) is 12.8 Å². The van der Waals surface area contributed by atoms with Crippen LogP contribution in [0.4, 0.5) is 0 Å². The van der Waals surface area contributed by atoms with Crippen LogP contribution >= 0.6 is 81.2 Å². The van der Waals surface area contributed by atoms with Gasteiger partial charge in [0.05, 0.1) is 0 Å². The third-order valence-corrected chi connectivity index (χ3v) is 2.51. The second-order valence-corrected chi connectivity index (χ2v) is 8.04. The molecule has 0 rings (SSSR count). The Bertz CT molecular complexity index is 187. The molecule has 0 fully saturated rings. The number of carbonyl (C=O) groups is 1. The van der Waals surface area contributed by atoms with E-state index in [1.54, 1.807) is 0 Å². The van der Waals surface area contributed by atoms with Gasteiger partial charge in [-0.25, -0.2) is 0 Å². The smallest absolute Gasteiger partial charge is 0.225 e. The van der Waals surface area contributed by atoms with Gasteiger partial charge in [0.25, 0.3) is 0 Å². The predicted molar refractivity (Wildman–Crippen MR) is 64.2 cm³/mol. The van der Waals surface area contributed by atoms with Crippen LogP contribution < -0.4 is 0 Å². The quantitative estimate of drug-likeness (QED) is 0.528. The summed E-state index contributed by atoms with van der Waals surface area (Å²) in [7, 11) is 0. The van der Waals surface area contributed by atoms with Crippen molar-refractivity contribution in [1.29, 1.82) is 0 Å². The van der Waals surface area contributed by atoms with E-state index in [1.807, 2.05) is 0 Å². The minimum atomic E-state index is -1.59. The molecule has 0 aromatic rings. The average molecular weight is 341 g/mol. The second-order valence-electron chi connectivity index (χ2n) is 2.64. The standard InChI is InChI=1S/C6H5Cl7O/c7-4(14)3(1-5(8,9)10)2-6(11,12)13/h3H,1-2H2. The van der Waals surface area contributed by atoms with Crippen LogP contribution in [0.25, 0.3) is 0 Å². The molecule has 0 atom stereocenters. The van der Waals surface area contributed by atoms with Gasteiger partial charge in [-0.2, -0.15) is 0 Å². The highest BCUT2D eigenvalue weighted by Gasteiger charge is 2.34. The number of alkyl halides is 6. The summed E-state index contributed by atoms with van der Waals surface area (Å²) in [6.45, 7) is 0. The van der Waals surface area contributed by atoms with Crippen molar-refractivity contribution >= 4 is 86.4 Å². The summed E-state index contributed by atoms with van der Waals surface area (Å²) in [6, 6.07) is 0. The van der Waals surface area contributed by atoms with Crippen molar-refractivity contribution in [2.24, 2.45) is 5.92 Å². The van der Waals surface area contributed by atoms with Crippen LogP contribution in [-0.2, 0) is 4.79 Å². The van der Waals surface area contributed by atoms with Gasteiger partial charge < -0.3 is 0 Å². The molecule has 8 heteroatoms. The van der Waals surface area contributed by atoms with Crippen molar-refractivity contribution in [3.8, 4) is 0 Å². The van der Waals surface area contributed by atoms with Gasteiger partial charge in [0.15, 0.2) is 7.59 Å². The molecule has 0 aromatic heterocycles. The Morgan fingerprint density at radius 1 is 0.929 bits per heavy atom. The molecule has 0 saturated carbocycles. The summed E-state index contributed by atoms with van der Waals surface area (Å²) in [4.78, 5) is 10.9. The first kappa shape index (κ1) is 15.7. The monoisotopic (exact) mass is 338 g/mol. The Balaban J connectivity index is 4.40. The van der Waals surface area contributed by atoms with Gasteiger partial charge in [0.2, 0.25) is 5.24 Å². The molecule has 0 bridgehead atoms. The number of hydrogen-bond donors (Lipinski definition) is 0. The first-order valence-corrected chi connectivity index (χ1v) is 5.99. The number of rotatable bonds is 3. The summed E-state index contributed by atoms with van der Waals surface area (Å²) < 4.78 is -3.18. The number of hydrogen-bond acceptors (Lipinski definition) is 1. The van der Waals surface area contributed by atoms with Crippen molar-refractivity contribution in [2.75, 3.05) is 0 Å². The fourth-order valence-electron chi connectivity index (χ4n) is 0.791. The maximum atomic E-state index is 10.9. The topological polar surface area (TPSA) is 17.1 Å². The molecule has 14 heavy (non-hydrogen) atoms. The van der Waals surface area contributed by atoms with E-state index in [2.05, 4.69) is 0 Å². The molecule has 0 saturated heterocycles. The predicted octanol–water partition coefficient (Wildman–Crippen LogP) is 4.89. The van der Waals surface area contributed by atoms with Gasteiger partial charge >= 0.3 is 0 Å². The minimum Gasteiger partial charge on any atom is -0.281 e. The number of halogens is 7. The van der Waals surface area contributed by atoms with Crippen LogP contribution in [0.3, 0.4) is 0 Å². The Kier molecular flexibility index (Phi) is 6.57. The highest BCUT2D eigenvalue weighted by molar-refractivity contribution is 6.69. The summed E-state index contributed by atoms with van der Waals surface area (Å²) in [5, 5.41) is -0.692. The largest absolute Gasteiger partial charge is 0.281 e. The van der Waals surface area contributed by atoms with E-state index >= 15 is 0 Å². The summed E-state index contributed by atoms with van der Waals surface area (Å²) in [5.41, 5.74) is 0. The maximum Gasteiger partial charge on any atom is 0.225 e. The second kappa shape index (κ2) is 5.86. The molecular formula is C6H5Cl7O. The molecule has 0 amide bonds. The molecule has 0 radical (unpaired) electrons. The highest BCUT2D eigenvalue weighted by atomic mass is 35.6. The van der Waals surface area contributed by atoms with Gasteiger partial charge in [-0.15, -0.1) is 0 Å². The fourth-order valence-corrected chi connectivity index (χ4v) is 2.06. The van der Waals surface area contributed by atoms with E-state index in [0.29, 0.717) is 0 Å². The van der Waals surface area contributed by atoms with Crippen molar-refractivity contribution in [2.45, 2.75) is 20.4 Å². The lowest BCUT2D eigenvalue weighted by molar-refractivity contribution is -0.115. The molecule has 0 aliphatic rings. The van der Waals surface area contributed by atoms with Gasteiger partial charge in [-0.3, -0.25) is 4.79 Å². The Hall–Kier alpha value is 1.70. The van der Waals surface area contributed by atoms with Crippen molar-refractivity contribution < 1.29 is 4.79 Å². The Morgan fingerprint density at radius 3 is 1.36 bits per heavy atom. The lowest BCUT2D eigenvalue weighted by Crippen LogP contribution is -2.22. The molecule has 1 nitrogen and oxygen atoms in total. The van der Waals surface area contributed by atoms with Crippen LogP contribution in [0, 0.1) is 5.92 Å². The van der Waals surface area contributed by atoms with Gasteiger partial charge in [-0.1, -0.05) is 69.6 Å². The zero-order valence-electron chi connectivity index (χ0n) is 6.55. The molecule has 0 spiro atoms. The van der Waals surface area contributed by atoms with Crippen LogP contribution in [-0.4, -0.2) is 12.8 Å². The lowest BCUT2D eigenvalue weighted by Gasteiger charge is -2.21. The fraction of sp³-hybridized carbons (Fsp3) is 0.833. The van der Waals surface area contributed by atoms with E-state index in [0.717, 1.165) is 0 Å². The molecule has 0 aliphatic heterocycles. The average Bonchev–Trinajstić information content (AvgIpc) is 1.78. The zero-order valence-corrected chi connectivity index (χ0v) is 11.8. The highest BCUT2D eigenvalue weighted by Crippen LogP contribution is 2.41. The van der Waals surface area contributed by atoms with Crippen LogP contribution in [0.15, 0.2) is 0 Å². The molecule has 0 aliphatic carbocycles. The normalized spacial score (nSPS) is 13.4. The van der Waals surface area contributed by atoms with Crippen LogP contribution in [0.2, 0.25) is 0 Å². The summed E-state index contributed by atoms with van der Waals surface area (Å²) in [6.07, 6.45) is -0.179. The maximum absolute atomic E-state index is 10.9. The van der Waals surface area contributed by atoms with Crippen molar-refractivity contribution in [3.63, 3.8) is 0 Å². The first-order chi connectivity index (χ1) is 6.01. The molecule has 0 aromatic carbocycles. The van der Waals surface area contributed by atoms with Gasteiger partial charge in [0.1, 0.15) is 0 Å². The minimum absolute atomic E-state index is 0.0894. The first-order valence-electron chi connectivity index (χ1n) is 3.34. The molecule has 0 unspecified atom stereocenters. The Morgan fingerprint density at radius 2 is 1.21 bits per heavy atom. The zero-order chi connectivity index (χ0) is 11.6. The Labute approximate surface area is 117 Å². The third-order valence-electron chi connectivity index (χ3n) is 1.28. The molecule has 0 heterocycles. The number of carbonyl (C=O) groups excluding carboxylic acids is 1. The van der Waals surface area contributed by atoms with E-state index < -0.39 is 18.7 Å². The van der Waals surface area contributed by atoms with Crippen molar-refractivity contribution in [1.82, 2.24) is 0 Å². The molecule has 0 N–H and O–H groups in total. The van der Waals surface area contributed by atoms with E-state index in [1.165, 1.54) is 0 Å². The van der Waals surface area contributed by atoms with E-state index in [-0.39, 0.29) is 12.8 Å². The molecular weight excluding hydrogens is 336 g/mol. The summed E-state index contributed by atoms with van der Waals surface area (Å²) >= 11 is 38.2. The lowest BCUT2D eigenvalue weighted by atomic mass is 10.1. The van der Waals surface area contributed by atoms with Gasteiger partial charge in [0, 0.05) is 18.8 Å². The van der Waals surface area contributed by atoms with Crippen LogP contribution in [0.5, 0.6) is 0 Å². The van der Waals surface area contributed by atoms with E-state index in [4.69, 9.17) is 81.2 Å². The summed E-state index contributed by atoms with van der Waals surface area (Å²) in [5.74, 6) is -0.795. The van der Waals surface area contributed by atoms with E-state index in [9.17, 15) is 4.79 Å².